The molecular weight excluding hydrogens is 427 g/mol. The summed E-state index contributed by atoms with van der Waals surface area (Å²) in [6.45, 7) is 2.19. The lowest BCUT2D eigenvalue weighted by molar-refractivity contribution is 0.0953. The summed E-state index contributed by atoms with van der Waals surface area (Å²) in [5.41, 5.74) is 3.14. The van der Waals surface area contributed by atoms with Crippen LogP contribution < -0.4 is 15.8 Å². The number of ether oxygens (including phenoxy) is 1. The number of phenolic OH excluding ortho intramolecular Hbond substituents is 1. The highest BCUT2D eigenvalue weighted by atomic mass is 19.1. The van der Waals surface area contributed by atoms with Crippen molar-refractivity contribution in [2.75, 3.05) is 31.2 Å². The van der Waals surface area contributed by atoms with E-state index in [0.717, 1.165) is 12.8 Å². The van der Waals surface area contributed by atoms with Gasteiger partial charge in [-0.2, -0.15) is 5.10 Å². The Labute approximate surface area is 188 Å². The molecule has 8 nitrogen and oxygen atoms in total. The molecule has 9 heteroatoms. The fraction of sp³-hybridized carbons (Fsp3) is 0.292. The van der Waals surface area contributed by atoms with Gasteiger partial charge in [-0.05, 0) is 37.1 Å². The lowest BCUT2D eigenvalue weighted by Crippen LogP contribution is -2.37. The summed E-state index contributed by atoms with van der Waals surface area (Å²) >= 11 is 0. The summed E-state index contributed by atoms with van der Waals surface area (Å²) in [5, 5.41) is 13.8. The number of aromatic hydroxyl groups is 1. The lowest BCUT2D eigenvalue weighted by Gasteiger charge is -2.29. The van der Waals surface area contributed by atoms with E-state index in [-0.39, 0.29) is 22.7 Å². The molecule has 1 amide bonds. The van der Waals surface area contributed by atoms with Crippen LogP contribution in [0.3, 0.4) is 0 Å². The molecule has 5 rings (SSSR count). The second kappa shape index (κ2) is 8.67. The highest BCUT2D eigenvalue weighted by Crippen LogP contribution is 2.38. The van der Waals surface area contributed by atoms with Gasteiger partial charge in [0.05, 0.1) is 30.6 Å². The maximum Gasteiger partial charge on any atom is 0.276 e. The molecule has 33 heavy (non-hydrogen) atoms. The largest absolute Gasteiger partial charge is 0.507 e. The van der Waals surface area contributed by atoms with Crippen molar-refractivity contribution in [2.45, 2.75) is 18.9 Å². The van der Waals surface area contributed by atoms with Gasteiger partial charge in [-0.15, -0.1) is 0 Å². The van der Waals surface area contributed by atoms with Gasteiger partial charge in [0.15, 0.2) is 0 Å². The number of nitrogens with one attached hydrogen (secondary N) is 1. The normalized spacial score (nSPS) is 16.5. The van der Waals surface area contributed by atoms with Gasteiger partial charge in [-0.25, -0.2) is 9.82 Å². The van der Waals surface area contributed by atoms with E-state index in [1.165, 1.54) is 24.5 Å². The van der Waals surface area contributed by atoms with Crippen molar-refractivity contribution in [2.24, 2.45) is 5.10 Å². The van der Waals surface area contributed by atoms with Crippen LogP contribution in [-0.2, 0) is 4.74 Å². The van der Waals surface area contributed by atoms with E-state index in [2.05, 4.69) is 10.5 Å². The monoisotopic (exact) mass is 450 g/mol. The maximum absolute atomic E-state index is 15.0. The number of rotatable bonds is 5. The Kier molecular flexibility index (Phi) is 5.55. The van der Waals surface area contributed by atoms with Crippen LogP contribution in [-0.4, -0.2) is 48.1 Å². The molecular formula is C24H23FN4O4. The molecule has 2 aromatic carbocycles. The number of halogens is 1. The Morgan fingerprint density at radius 1 is 1.21 bits per heavy atom. The average Bonchev–Trinajstić information content (AvgIpc) is 3.66. The van der Waals surface area contributed by atoms with E-state index in [9.17, 15) is 14.7 Å². The zero-order valence-corrected chi connectivity index (χ0v) is 17.8. The van der Waals surface area contributed by atoms with Crippen LogP contribution in [0, 0.1) is 5.82 Å². The van der Waals surface area contributed by atoms with E-state index in [1.807, 2.05) is 9.47 Å². The molecule has 1 aliphatic heterocycles. The van der Waals surface area contributed by atoms with E-state index in [1.54, 1.807) is 24.3 Å². The third-order valence-corrected chi connectivity index (χ3v) is 5.94. The van der Waals surface area contributed by atoms with Gasteiger partial charge >= 0.3 is 0 Å². The smallest absolute Gasteiger partial charge is 0.276 e. The van der Waals surface area contributed by atoms with Crippen molar-refractivity contribution >= 4 is 28.7 Å². The average molecular weight is 450 g/mol. The Morgan fingerprint density at radius 2 is 1.97 bits per heavy atom. The first-order valence-corrected chi connectivity index (χ1v) is 10.9. The van der Waals surface area contributed by atoms with E-state index >= 15 is 4.39 Å². The number of carbonyl (C=O) groups is 1. The first-order chi connectivity index (χ1) is 16.0. The number of benzene rings is 2. The number of amides is 1. The number of morpholine rings is 1. The fourth-order valence-electron chi connectivity index (χ4n) is 4.04. The van der Waals surface area contributed by atoms with Crippen molar-refractivity contribution < 1.29 is 19.0 Å². The second-order valence-corrected chi connectivity index (χ2v) is 8.19. The minimum absolute atomic E-state index is 0.0174. The first kappa shape index (κ1) is 21.1. The molecule has 0 bridgehead atoms. The van der Waals surface area contributed by atoms with Crippen LogP contribution in [0.15, 0.2) is 52.5 Å². The molecule has 2 N–H and O–H groups in total. The van der Waals surface area contributed by atoms with E-state index in [4.69, 9.17) is 4.74 Å². The van der Waals surface area contributed by atoms with E-state index < -0.39 is 17.2 Å². The number of anilines is 1. The number of hydrazone groups is 1. The number of phenols is 1. The van der Waals surface area contributed by atoms with Gasteiger partial charge < -0.3 is 19.3 Å². The summed E-state index contributed by atoms with van der Waals surface area (Å²) in [6.07, 6.45) is 4.68. The zero-order valence-electron chi connectivity index (χ0n) is 17.8. The van der Waals surface area contributed by atoms with Crippen LogP contribution in [0.4, 0.5) is 10.1 Å². The van der Waals surface area contributed by atoms with Crippen LogP contribution in [0.1, 0.15) is 34.8 Å². The number of aromatic nitrogens is 1. The second-order valence-electron chi connectivity index (χ2n) is 8.19. The molecule has 170 valence electrons. The molecule has 0 radical (unpaired) electrons. The molecule has 0 spiro atoms. The number of carbonyl (C=O) groups excluding carboxylic acids is 1. The van der Waals surface area contributed by atoms with Crippen molar-refractivity contribution in [3.63, 3.8) is 0 Å². The SMILES string of the molecule is O=C(N/N=C\c1ccccc1O)c1cn(C2CC2)c2cc(N3CCOCC3)c(F)cc2c1=O. The standard InChI is InChI=1S/C24H23FN4O4/c25-19-11-17-20(12-21(19)28-7-9-33-10-8-28)29(16-5-6-16)14-18(23(17)31)24(32)27-26-13-15-3-1-2-4-22(15)30/h1-4,11-14,16,30H,5-10H2,(H,27,32)/b26-13-. The topological polar surface area (TPSA) is 96.2 Å². The number of fused-ring (bicyclic) bond motifs is 1. The number of para-hydroxylation sites is 1. The summed E-state index contributed by atoms with van der Waals surface area (Å²) < 4.78 is 22.3. The Balaban J connectivity index is 1.51. The molecule has 0 atom stereocenters. The summed E-state index contributed by atoms with van der Waals surface area (Å²) in [6, 6.07) is 9.62. The minimum atomic E-state index is -0.694. The van der Waals surface area contributed by atoms with Crippen LogP contribution in [0.25, 0.3) is 10.9 Å². The zero-order chi connectivity index (χ0) is 22.9. The fourth-order valence-corrected chi connectivity index (χ4v) is 4.04. The van der Waals surface area contributed by atoms with Gasteiger partial charge in [0.2, 0.25) is 5.43 Å². The highest BCUT2D eigenvalue weighted by Gasteiger charge is 2.28. The lowest BCUT2D eigenvalue weighted by atomic mass is 10.1. The predicted molar refractivity (Wildman–Crippen MR) is 123 cm³/mol. The Morgan fingerprint density at radius 3 is 2.70 bits per heavy atom. The van der Waals surface area contributed by atoms with Crippen molar-refractivity contribution in [1.29, 1.82) is 0 Å². The van der Waals surface area contributed by atoms with Crippen molar-refractivity contribution in [3.05, 3.63) is 69.8 Å². The summed E-state index contributed by atoms with van der Waals surface area (Å²) in [4.78, 5) is 27.8. The predicted octanol–water partition coefficient (Wildman–Crippen LogP) is 2.78. The van der Waals surface area contributed by atoms with Crippen molar-refractivity contribution in [3.8, 4) is 5.75 Å². The van der Waals surface area contributed by atoms with Crippen LogP contribution in [0.2, 0.25) is 0 Å². The number of pyridine rings is 1. The summed E-state index contributed by atoms with van der Waals surface area (Å²) in [5.74, 6) is -1.18. The van der Waals surface area contributed by atoms with Gasteiger partial charge in [0.1, 0.15) is 17.1 Å². The molecule has 1 aromatic heterocycles. The van der Waals surface area contributed by atoms with Crippen LogP contribution >= 0.6 is 0 Å². The van der Waals surface area contributed by atoms with Gasteiger partial charge in [0, 0.05) is 36.3 Å². The third-order valence-electron chi connectivity index (χ3n) is 5.94. The quantitative estimate of drug-likeness (QED) is 0.460. The molecule has 1 saturated heterocycles. The molecule has 1 saturated carbocycles. The van der Waals surface area contributed by atoms with E-state index in [0.29, 0.717) is 43.1 Å². The van der Waals surface area contributed by atoms with Crippen molar-refractivity contribution in [1.82, 2.24) is 9.99 Å². The molecule has 0 unspecified atom stereocenters. The molecule has 2 aliphatic rings. The molecule has 2 heterocycles. The van der Waals surface area contributed by atoms with Gasteiger partial charge in [0.25, 0.3) is 5.91 Å². The molecule has 1 aliphatic carbocycles. The number of nitrogens with zero attached hydrogens (tertiary/aromatic N) is 3. The minimum Gasteiger partial charge on any atom is -0.507 e. The number of hydrogen-bond donors (Lipinski definition) is 2. The molecule has 3 aromatic rings. The Bertz CT molecular complexity index is 1310. The Hall–Kier alpha value is -3.72. The van der Waals surface area contributed by atoms with Gasteiger partial charge in [-0.1, -0.05) is 12.1 Å². The summed E-state index contributed by atoms with van der Waals surface area (Å²) in [7, 11) is 0. The maximum atomic E-state index is 15.0. The number of hydrogen-bond acceptors (Lipinski definition) is 6. The van der Waals surface area contributed by atoms with Gasteiger partial charge in [-0.3, -0.25) is 9.59 Å². The molecule has 2 fully saturated rings. The third kappa shape index (κ3) is 4.19. The highest BCUT2D eigenvalue weighted by molar-refractivity contribution is 5.98. The first-order valence-electron chi connectivity index (χ1n) is 10.9. The van der Waals surface area contributed by atoms with Crippen LogP contribution in [0.5, 0.6) is 5.75 Å².